The van der Waals surface area contributed by atoms with E-state index in [1.165, 1.54) is 23.6 Å². The van der Waals surface area contributed by atoms with Gasteiger partial charge in [0.05, 0.1) is 30.1 Å². The van der Waals surface area contributed by atoms with E-state index in [0.29, 0.717) is 23.8 Å². The minimum atomic E-state index is 0.378. The Morgan fingerprint density at radius 2 is 1.89 bits per heavy atom. The Balaban J connectivity index is 1.94. The maximum Gasteiger partial charge on any atom is 0.128 e. The van der Waals surface area contributed by atoms with Gasteiger partial charge in [-0.1, -0.05) is 62.7 Å². The monoisotopic (exact) mass is 377 g/mol. The molecule has 0 saturated heterocycles. The number of benzene rings is 2. The van der Waals surface area contributed by atoms with Gasteiger partial charge in [0.1, 0.15) is 5.75 Å². The van der Waals surface area contributed by atoms with Crippen LogP contribution in [-0.4, -0.2) is 22.1 Å². The van der Waals surface area contributed by atoms with Crippen LogP contribution in [0.2, 0.25) is 0 Å². The summed E-state index contributed by atoms with van der Waals surface area (Å²) in [5.74, 6) is 2.85. The molecular formula is C24H31N3O. The van der Waals surface area contributed by atoms with E-state index in [1.807, 2.05) is 0 Å². The van der Waals surface area contributed by atoms with Crippen molar-refractivity contribution in [2.24, 2.45) is 17.8 Å². The fourth-order valence-corrected chi connectivity index (χ4v) is 5.00. The highest BCUT2D eigenvalue weighted by atomic mass is 16.5. The van der Waals surface area contributed by atoms with Crippen molar-refractivity contribution in [2.75, 3.05) is 7.11 Å². The molecule has 1 heterocycles. The summed E-state index contributed by atoms with van der Waals surface area (Å²) >= 11 is 0. The van der Waals surface area contributed by atoms with E-state index in [2.05, 4.69) is 79.1 Å². The Bertz CT molecular complexity index is 975. The lowest BCUT2D eigenvalue weighted by atomic mass is 9.74. The van der Waals surface area contributed by atoms with Gasteiger partial charge in [0.15, 0.2) is 0 Å². The van der Waals surface area contributed by atoms with Crippen LogP contribution in [0.4, 0.5) is 0 Å². The normalized spacial score (nSPS) is 22.7. The summed E-state index contributed by atoms with van der Waals surface area (Å²) in [6.07, 6.45) is 3.72. The fraction of sp³-hybridized carbons (Fsp3) is 0.500. The molecule has 4 heteroatoms. The van der Waals surface area contributed by atoms with Crippen LogP contribution in [0.5, 0.6) is 5.75 Å². The molecule has 28 heavy (non-hydrogen) atoms. The summed E-state index contributed by atoms with van der Waals surface area (Å²) < 4.78 is 8.02. The number of ether oxygens (including phenoxy) is 1. The molecule has 0 spiro atoms. The second-order valence-corrected chi connectivity index (χ2v) is 8.73. The van der Waals surface area contributed by atoms with Crippen LogP contribution in [0.15, 0.2) is 36.4 Å². The van der Waals surface area contributed by atoms with Gasteiger partial charge in [-0.2, -0.15) is 0 Å². The van der Waals surface area contributed by atoms with Crippen molar-refractivity contribution in [3.05, 3.63) is 42.1 Å². The average molecular weight is 378 g/mol. The molecule has 3 aromatic rings. The summed E-state index contributed by atoms with van der Waals surface area (Å²) in [6.45, 7) is 9.12. The van der Waals surface area contributed by atoms with Gasteiger partial charge in [0, 0.05) is 0 Å². The van der Waals surface area contributed by atoms with Crippen molar-refractivity contribution < 1.29 is 4.74 Å². The molecule has 1 aromatic heterocycles. The molecule has 0 unspecified atom stereocenters. The van der Waals surface area contributed by atoms with Crippen molar-refractivity contribution in [2.45, 2.75) is 53.0 Å². The molecule has 1 aliphatic rings. The van der Waals surface area contributed by atoms with E-state index < -0.39 is 0 Å². The third kappa shape index (κ3) is 3.19. The van der Waals surface area contributed by atoms with Crippen molar-refractivity contribution >= 4 is 10.8 Å². The van der Waals surface area contributed by atoms with E-state index >= 15 is 0 Å². The SMILES string of the molecule is COc1ccc2ccccc2c1-c1c(C)nnn1[C@@H]1C[C@@H](C)CC[C@@H]1C(C)C. The first-order chi connectivity index (χ1) is 13.5. The predicted molar refractivity (Wildman–Crippen MR) is 115 cm³/mol. The third-order valence-corrected chi connectivity index (χ3v) is 6.51. The van der Waals surface area contributed by atoms with Crippen LogP contribution < -0.4 is 4.74 Å². The molecule has 0 amide bonds. The Labute approximate surface area is 167 Å². The summed E-state index contributed by atoms with van der Waals surface area (Å²) in [5, 5.41) is 11.6. The van der Waals surface area contributed by atoms with E-state index in [9.17, 15) is 0 Å². The number of fused-ring (bicyclic) bond motifs is 1. The minimum absolute atomic E-state index is 0.378. The molecule has 1 saturated carbocycles. The van der Waals surface area contributed by atoms with Crippen LogP contribution >= 0.6 is 0 Å². The van der Waals surface area contributed by atoms with Crippen LogP contribution in [0.1, 0.15) is 51.8 Å². The van der Waals surface area contributed by atoms with E-state index in [-0.39, 0.29) is 0 Å². The van der Waals surface area contributed by atoms with Gasteiger partial charge in [-0.25, -0.2) is 4.68 Å². The second kappa shape index (κ2) is 7.57. The van der Waals surface area contributed by atoms with Gasteiger partial charge in [-0.05, 0) is 54.4 Å². The lowest BCUT2D eigenvalue weighted by Crippen LogP contribution is -2.31. The van der Waals surface area contributed by atoms with Crippen molar-refractivity contribution in [3.63, 3.8) is 0 Å². The van der Waals surface area contributed by atoms with E-state index in [4.69, 9.17) is 4.74 Å². The number of aryl methyl sites for hydroxylation is 1. The largest absolute Gasteiger partial charge is 0.496 e. The molecule has 3 atom stereocenters. The zero-order valence-corrected chi connectivity index (χ0v) is 17.6. The number of rotatable bonds is 4. The molecule has 0 bridgehead atoms. The molecule has 0 N–H and O–H groups in total. The Hall–Kier alpha value is -2.36. The number of hydrogen-bond donors (Lipinski definition) is 0. The number of methoxy groups -OCH3 is 1. The summed E-state index contributed by atoms with van der Waals surface area (Å²) in [7, 11) is 1.75. The maximum absolute atomic E-state index is 5.80. The summed E-state index contributed by atoms with van der Waals surface area (Å²) in [5.41, 5.74) is 3.19. The zero-order chi connectivity index (χ0) is 19.8. The van der Waals surface area contributed by atoms with Crippen molar-refractivity contribution in [1.29, 1.82) is 0 Å². The third-order valence-electron chi connectivity index (χ3n) is 6.51. The average Bonchev–Trinajstić information content (AvgIpc) is 3.07. The van der Waals surface area contributed by atoms with Gasteiger partial charge in [0.2, 0.25) is 0 Å². The molecule has 2 aromatic carbocycles. The topological polar surface area (TPSA) is 39.9 Å². The summed E-state index contributed by atoms with van der Waals surface area (Å²) in [4.78, 5) is 0. The molecular weight excluding hydrogens is 346 g/mol. The molecule has 0 aliphatic heterocycles. The Morgan fingerprint density at radius 3 is 2.64 bits per heavy atom. The zero-order valence-electron chi connectivity index (χ0n) is 17.6. The van der Waals surface area contributed by atoms with E-state index in [0.717, 1.165) is 29.1 Å². The number of hydrogen-bond acceptors (Lipinski definition) is 3. The van der Waals surface area contributed by atoms with Gasteiger partial charge < -0.3 is 4.74 Å². The molecule has 4 rings (SSSR count). The van der Waals surface area contributed by atoms with Crippen LogP contribution in [0, 0.1) is 24.7 Å². The van der Waals surface area contributed by atoms with Gasteiger partial charge >= 0.3 is 0 Å². The smallest absolute Gasteiger partial charge is 0.128 e. The Morgan fingerprint density at radius 1 is 1.11 bits per heavy atom. The van der Waals surface area contributed by atoms with E-state index in [1.54, 1.807) is 7.11 Å². The molecule has 1 fully saturated rings. The lowest BCUT2D eigenvalue weighted by molar-refractivity contribution is 0.139. The van der Waals surface area contributed by atoms with Gasteiger partial charge in [-0.15, -0.1) is 5.10 Å². The quantitative estimate of drug-likeness (QED) is 0.556. The molecule has 148 valence electrons. The van der Waals surface area contributed by atoms with Gasteiger partial charge in [0.25, 0.3) is 0 Å². The van der Waals surface area contributed by atoms with Crippen LogP contribution in [-0.2, 0) is 0 Å². The highest BCUT2D eigenvalue weighted by Crippen LogP contribution is 2.45. The predicted octanol–water partition coefficient (Wildman–Crippen LogP) is 6.05. The highest BCUT2D eigenvalue weighted by molar-refractivity contribution is 5.99. The highest BCUT2D eigenvalue weighted by Gasteiger charge is 2.35. The minimum Gasteiger partial charge on any atom is -0.496 e. The summed E-state index contributed by atoms with van der Waals surface area (Å²) in [6, 6.07) is 13.1. The molecule has 1 aliphatic carbocycles. The second-order valence-electron chi connectivity index (χ2n) is 8.73. The first kappa shape index (κ1) is 19.0. The first-order valence-electron chi connectivity index (χ1n) is 10.5. The maximum atomic E-state index is 5.80. The van der Waals surface area contributed by atoms with Crippen molar-refractivity contribution in [1.82, 2.24) is 15.0 Å². The van der Waals surface area contributed by atoms with Crippen LogP contribution in [0.3, 0.4) is 0 Å². The fourth-order valence-electron chi connectivity index (χ4n) is 5.00. The lowest BCUT2D eigenvalue weighted by Gasteiger charge is -2.38. The first-order valence-corrected chi connectivity index (χ1v) is 10.5. The number of aromatic nitrogens is 3. The Kier molecular flexibility index (Phi) is 5.13. The number of nitrogens with zero attached hydrogens (tertiary/aromatic N) is 3. The standard InChI is InChI=1S/C24H31N3O/c1-15(2)19-12-10-16(3)14-21(19)27-24(17(4)25-26-27)23-20-9-7-6-8-18(20)11-13-22(23)28-5/h6-9,11,13,15-16,19,21H,10,12,14H2,1-5H3/t16-,19+,21+/m0/s1. The van der Waals surface area contributed by atoms with Gasteiger partial charge in [-0.3, -0.25) is 0 Å². The van der Waals surface area contributed by atoms with Crippen LogP contribution in [0.25, 0.3) is 22.0 Å². The molecule has 0 radical (unpaired) electrons. The van der Waals surface area contributed by atoms with Crippen molar-refractivity contribution in [3.8, 4) is 17.0 Å². The molecule has 4 nitrogen and oxygen atoms in total.